The first-order chi connectivity index (χ1) is 11.5. The Bertz CT molecular complexity index is 677. The van der Waals surface area contributed by atoms with Gasteiger partial charge in [0.2, 0.25) is 6.79 Å². The summed E-state index contributed by atoms with van der Waals surface area (Å²) in [6.07, 6.45) is -0.963. The summed E-state index contributed by atoms with van der Waals surface area (Å²) in [6.45, 7) is 0.397. The Morgan fingerprint density at radius 2 is 1.79 bits per heavy atom. The number of hydrogen-bond acceptors (Lipinski definition) is 4. The fraction of sp³-hybridized carbons (Fsp3) is 0.353. The summed E-state index contributed by atoms with van der Waals surface area (Å²) >= 11 is 0. The fourth-order valence-electron chi connectivity index (χ4n) is 2.55. The summed E-state index contributed by atoms with van der Waals surface area (Å²) in [5.41, 5.74) is 1.50. The van der Waals surface area contributed by atoms with E-state index in [2.05, 4.69) is 10.3 Å². The van der Waals surface area contributed by atoms with Crippen molar-refractivity contribution in [2.45, 2.75) is 25.1 Å². The van der Waals surface area contributed by atoms with Gasteiger partial charge >= 0.3 is 6.18 Å². The minimum absolute atomic E-state index is 0.118. The van der Waals surface area contributed by atoms with E-state index in [0.29, 0.717) is 23.5 Å². The lowest BCUT2D eigenvalue weighted by molar-refractivity contribution is -0.155. The van der Waals surface area contributed by atoms with Gasteiger partial charge in [-0.15, -0.1) is 0 Å². The highest BCUT2D eigenvalue weighted by molar-refractivity contribution is 5.44. The molecule has 4 nitrogen and oxygen atoms in total. The van der Waals surface area contributed by atoms with E-state index in [-0.39, 0.29) is 19.8 Å². The van der Waals surface area contributed by atoms with Crippen molar-refractivity contribution in [1.82, 2.24) is 10.3 Å². The lowest BCUT2D eigenvalue weighted by Crippen LogP contribution is -2.44. The SMILES string of the molecule is FC(F)(F)C(Cc1ccncc1)NCCc1ccc2c(c1)OCO2. The fourth-order valence-corrected chi connectivity index (χ4v) is 2.55. The monoisotopic (exact) mass is 338 g/mol. The van der Waals surface area contributed by atoms with Crippen LogP contribution in [0, 0.1) is 0 Å². The second kappa shape index (κ2) is 7.09. The number of nitrogens with zero attached hydrogens (tertiary/aromatic N) is 1. The van der Waals surface area contributed by atoms with Crippen LogP contribution in [0.2, 0.25) is 0 Å². The third-order valence-electron chi connectivity index (χ3n) is 3.83. The van der Waals surface area contributed by atoms with Crippen molar-refractivity contribution in [2.24, 2.45) is 0 Å². The molecule has 1 aliphatic rings. The summed E-state index contributed by atoms with van der Waals surface area (Å²) in [5.74, 6) is 1.30. The number of halogens is 3. The maximum Gasteiger partial charge on any atom is 0.404 e. The topological polar surface area (TPSA) is 43.4 Å². The molecule has 0 bridgehead atoms. The zero-order valence-corrected chi connectivity index (χ0v) is 12.8. The Labute approximate surface area is 137 Å². The predicted octanol–water partition coefficient (Wildman–Crippen LogP) is 3.12. The van der Waals surface area contributed by atoms with E-state index >= 15 is 0 Å². The van der Waals surface area contributed by atoms with E-state index in [1.165, 1.54) is 12.4 Å². The van der Waals surface area contributed by atoms with Crippen LogP contribution in [0.5, 0.6) is 11.5 Å². The smallest absolute Gasteiger partial charge is 0.404 e. The van der Waals surface area contributed by atoms with Crippen LogP contribution in [-0.2, 0) is 12.8 Å². The van der Waals surface area contributed by atoms with Crippen LogP contribution in [0.15, 0.2) is 42.7 Å². The number of aromatic nitrogens is 1. The van der Waals surface area contributed by atoms with Crippen LogP contribution in [-0.4, -0.2) is 30.5 Å². The molecule has 7 heteroatoms. The standard InChI is InChI=1S/C17H17F3N2O2/c18-17(19,20)16(10-13-3-6-21-7-4-13)22-8-5-12-1-2-14-15(9-12)24-11-23-14/h1-4,6-7,9,16,22H,5,8,10-11H2. The van der Waals surface area contributed by atoms with E-state index in [9.17, 15) is 13.2 Å². The number of fused-ring (bicyclic) bond motifs is 1. The summed E-state index contributed by atoms with van der Waals surface area (Å²) < 4.78 is 50.1. The lowest BCUT2D eigenvalue weighted by Gasteiger charge is -2.22. The van der Waals surface area contributed by atoms with Crippen LogP contribution in [0.1, 0.15) is 11.1 Å². The van der Waals surface area contributed by atoms with Gasteiger partial charge in [0.1, 0.15) is 6.04 Å². The molecule has 3 rings (SSSR count). The van der Waals surface area contributed by atoms with Crippen molar-refractivity contribution >= 4 is 0 Å². The van der Waals surface area contributed by atoms with Gasteiger partial charge in [-0.1, -0.05) is 6.07 Å². The first-order valence-corrected chi connectivity index (χ1v) is 7.60. The summed E-state index contributed by atoms with van der Waals surface area (Å²) in [6, 6.07) is 7.01. The highest BCUT2D eigenvalue weighted by Crippen LogP contribution is 2.32. The molecule has 0 aliphatic carbocycles. The molecule has 1 atom stereocenters. The van der Waals surface area contributed by atoms with E-state index in [1.807, 2.05) is 6.07 Å². The number of nitrogens with one attached hydrogen (secondary N) is 1. The van der Waals surface area contributed by atoms with Crippen molar-refractivity contribution < 1.29 is 22.6 Å². The first kappa shape index (κ1) is 16.6. The van der Waals surface area contributed by atoms with Gasteiger partial charge in [-0.3, -0.25) is 4.98 Å². The van der Waals surface area contributed by atoms with E-state index < -0.39 is 12.2 Å². The van der Waals surface area contributed by atoms with Crippen molar-refractivity contribution in [3.63, 3.8) is 0 Å². The molecule has 24 heavy (non-hydrogen) atoms. The molecule has 1 unspecified atom stereocenters. The molecule has 0 spiro atoms. The molecular weight excluding hydrogens is 321 g/mol. The highest BCUT2D eigenvalue weighted by atomic mass is 19.4. The Balaban J connectivity index is 1.57. The van der Waals surface area contributed by atoms with Gasteiger partial charge < -0.3 is 14.8 Å². The average Bonchev–Trinajstić information content (AvgIpc) is 3.02. The van der Waals surface area contributed by atoms with E-state index in [0.717, 1.165) is 5.56 Å². The lowest BCUT2D eigenvalue weighted by atomic mass is 10.1. The van der Waals surface area contributed by atoms with Gasteiger partial charge in [-0.25, -0.2) is 0 Å². The Hall–Kier alpha value is -2.28. The van der Waals surface area contributed by atoms with Crippen molar-refractivity contribution in [3.05, 3.63) is 53.9 Å². The van der Waals surface area contributed by atoms with Gasteiger partial charge in [0.25, 0.3) is 0 Å². The molecule has 0 saturated carbocycles. The molecule has 2 heterocycles. The first-order valence-electron chi connectivity index (χ1n) is 7.60. The minimum Gasteiger partial charge on any atom is -0.454 e. The second-order valence-electron chi connectivity index (χ2n) is 5.55. The van der Waals surface area contributed by atoms with Gasteiger partial charge in [-0.05, 0) is 54.8 Å². The van der Waals surface area contributed by atoms with Gasteiger partial charge in [0, 0.05) is 12.4 Å². The molecule has 2 aromatic rings. The van der Waals surface area contributed by atoms with Crippen molar-refractivity contribution in [1.29, 1.82) is 0 Å². The minimum atomic E-state index is -4.31. The molecule has 1 aliphatic heterocycles. The summed E-state index contributed by atoms with van der Waals surface area (Å²) in [5, 5.41) is 2.61. The molecular formula is C17H17F3N2O2. The molecule has 1 N–H and O–H groups in total. The molecule has 128 valence electrons. The molecule has 1 aromatic heterocycles. The Kier molecular flexibility index (Phi) is 4.89. The number of rotatable bonds is 6. The quantitative estimate of drug-likeness (QED) is 0.879. The summed E-state index contributed by atoms with van der Waals surface area (Å²) in [4.78, 5) is 3.82. The van der Waals surface area contributed by atoms with Gasteiger partial charge in [0.05, 0.1) is 0 Å². The third-order valence-corrected chi connectivity index (χ3v) is 3.83. The van der Waals surface area contributed by atoms with Crippen molar-refractivity contribution in [2.75, 3.05) is 13.3 Å². The Morgan fingerprint density at radius 3 is 2.54 bits per heavy atom. The second-order valence-corrected chi connectivity index (χ2v) is 5.55. The Morgan fingerprint density at radius 1 is 1.04 bits per heavy atom. The van der Waals surface area contributed by atoms with Crippen LogP contribution in [0.25, 0.3) is 0 Å². The average molecular weight is 338 g/mol. The normalized spacial score (nSPS) is 14.6. The largest absolute Gasteiger partial charge is 0.454 e. The summed E-state index contributed by atoms with van der Waals surface area (Å²) in [7, 11) is 0. The van der Waals surface area contributed by atoms with Crippen LogP contribution in [0.3, 0.4) is 0 Å². The number of ether oxygens (including phenoxy) is 2. The molecule has 0 radical (unpaired) electrons. The number of pyridine rings is 1. The van der Waals surface area contributed by atoms with Crippen molar-refractivity contribution in [3.8, 4) is 11.5 Å². The maximum atomic E-state index is 13.2. The molecule has 0 amide bonds. The highest BCUT2D eigenvalue weighted by Gasteiger charge is 2.39. The van der Waals surface area contributed by atoms with Gasteiger partial charge in [-0.2, -0.15) is 13.2 Å². The third kappa shape index (κ3) is 4.17. The number of hydrogen-bond donors (Lipinski definition) is 1. The number of alkyl halides is 3. The van der Waals surface area contributed by atoms with Crippen LogP contribution in [0.4, 0.5) is 13.2 Å². The molecule has 0 fully saturated rings. The van der Waals surface area contributed by atoms with E-state index in [4.69, 9.17) is 9.47 Å². The van der Waals surface area contributed by atoms with Crippen LogP contribution < -0.4 is 14.8 Å². The maximum absolute atomic E-state index is 13.2. The van der Waals surface area contributed by atoms with Crippen LogP contribution >= 0.6 is 0 Å². The number of benzene rings is 1. The molecule has 0 saturated heterocycles. The predicted molar refractivity (Wildman–Crippen MR) is 82.1 cm³/mol. The van der Waals surface area contributed by atoms with E-state index in [1.54, 1.807) is 24.3 Å². The van der Waals surface area contributed by atoms with Gasteiger partial charge in [0.15, 0.2) is 11.5 Å². The zero-order valence-electron chi connectivity index (χ0n) is 12.8. The molecule has 1 aromatic carbocycles. The zero-order chi connectivity index (χ0) is 17.0.